The Labute approximate surface area is 193 Å². The molecule has 1 aliphatic rings. The quantitative estimate of drug-likeness (QED) is 0.618. The standard InChI is InChI=1S/C24H26ClN5O2/c1-16-17(2)26-22(18-8-10-19(25)11-9-18)28-23(16)29-12-14-30(15-13-29)24(31)27-20-6-4-5-7-21(20)32-3/h4-11H,12-15H2,1-3H3,(H,27,31). The summed E-state index contributed by atoms with van der Waals surface area (Å²) in [4.78, 5) is 26.3. The highest BCUT2D eigenvalue weighted by molar-refractivity contribution is 6.30. The first-order chi connectivity index (χ1) is 15.5. The molecule has 1 aliphatic heterocycles. The number of hydrogen-bond donors (Lipinski definition) is 1. The smallest absolute Gasteiger partial charge is 0.322 e. The van der Waals surface area contributed by atoms with Gasteiger partial charge < -0.3 is 19.9 Å². The minimum absolute atomic E-state index is 0.133. The lowest BCUT2D eigenvalue weighted by Crippen LogP contribution is -2.50. The largest absolute Gasteiger partial charge is 0.495 e. The van der Waals surface area contributed by atoms with Crippen LogP contribution in [-0.4, -0.2) is 54.2 Å². The van der Waals surface area contributed by atoms with Crippen LogP contribution in [-0.2, 0) is 0 Å². The maximum Gasteiger partial charge on any atom is 0.322 e. The Hall–Kier alpha value is -3.32. The second-order valence-electron chi connectivity index (χ2n) is 7.69. The van der Waals surface area contributed by atoms with E-state index in [-0.39, 0.29) is 6.03 Å². The summed E-state index contributed by atoms with van der Waals surface area (Å²) in [6, 6.07) is 14.8. The van der Waals surface area contributed by atoms with Crippen molar-refractivity contribution in [1.82, 2.24) is 14.9 Å². The van der Waals surface area contributed by atoms with E-state index in [9.17, 15) is 4.79 Å². The van der Waals surface area contributed by atoms with Crippen LogP contribution in [0.5, 0.6) is 5.75 Å². The molecule has 1 N–H and O–H groups in total. The topological polar surface area (TPSA) is 70.6 Å². The van der Waals surface area contributed by atoms with E-state index < -0.39 is 0 Å². The molecule has 166 valence electrons. The van der Waals surface area contributed by atoms with Crippen molar-refractivity contribution in [3.05, 3.63) is 64.8 Å². The van der Waals surface area contributed by atoms with E-state index in [4.69, 9.17) is 21.3 Å². The molecule has 1 aromatic heterocycles. The highest BCUT2D eigenvalue weighted by Gasteiger charge is 2.24. The van der Waals surface area contributed by atoms with Crippen LogP contribution in [0.1, 0.15) is 11.3 Å². The first-order valence-electron chi connectivity index (χ1n) is 10.5. The maximum atomic E-state index is 12.8. The van der Waals surface area contributed by atoms with Crippen LogP contribution >= 0.6 is 11.6 Å². The molecule has 0 radical (unpaired) electrons. The first kappa shape index (κ1) is 21.9. The summed E-state index contributed by atoms with van der Waals surface area (Å²) in [5.74, 6) is 2.23. The fourth-order valence-corrected chi connectivity index (χ4v) is 3.84. The number of methoxy groups -OCH3 is 1. The summed E-state index contributed by atoms with van der Waals surface area (Å²) in [6.45, 7) is 6.61. The molecule has 8 heteroatoms. The summed E-state index contributed by atoms with van der Waals surface area (Å²) < 4.78 is 5.32. The molecule has 2 heterocycles. The van der Waals surface area contributed by atoms with E-state index in [1.165, 1.54) is 0 Å². The fraction of sp³-hybridized carbons (Fsp3) is 0.292. The molecule has 1 fully saturated rings. The van der Waals surface area contributed by atoms with Gasteiger partial charge >= 0.3 is 6.03 Å². The molecular formula is C24H26ClN5O2. The summed E-state index contributed by atoms with van der Waals surface area (Å²) in [6.07, 6.45) is 0. The number of halogens is 1. The number of hydrogen-bond acceptors (Lipinski definition) is 5. The lowest BCUT2D eigenvalue weighted by atomic mass is 10.1. The molecule has 0 atom stereocenters. The zero-order valence-corrected chi connectivity index (χ0v) is 19.2. The van der Waals surface area contributed by atoms with Crippen LogP contribution in [0.3, 0.4) is 0 Å². The summed E-state index contributed by atoms with van der Waals surface area (Å²) >= 11 is 6.02. The molecule has 4 rings (SSSR count). The molecule has 7 nitrogen and oxygen atoms in total. The van der Waals surface area contributed by atoms with Crippen molar-refractivity contribution in [3.63, 3.8) is 0 Å². The monoisotopic (exact) mass is 451 g/mol. The number of ether oxygens (including phenoxy) is 1. The SMILES string of the molecule is COc1ccccc1NC(=O)N1CCN(c2nc(-c3ccc(Cl)cc3)nc(C)c2C)CC1. The Morgan fingerprint density at radius 1 is 1.00 bits per heavy atom. The Morgan fingerprint density at radius 2 is 1.69 bits per heavy atom. The predicted molar refractivity (Wildman–Crippen MR) is 128 cm³/mol. The number of benzene rings is 2. The van der Waals surface area contributed by atoms with Gasteiger partial charge in [-0.05, 0) is 50.2 Å². The van der Waals surface area contributed by atoms with Gasteiger partial charge in [0.05, 0.1) is 12.8 Å². The van der Waals surface area contributed by atoms with E-state index in [1.54, 1.807) is 7.11 Å². The molecule has 2 amide bonds. The van der Waals surface area contributed by atoms with Crippen molar-refractivity contribution in [2.45, 2.75) is 13.8 Å². The van der Waals surface area contributed by atoms with Crippen molar-refractivity contribution in [1.29, 1.82) is 0 Å². The van der Waals surface area contributed by atoms with Gasteiger partial charge in [-0.25, -0.2) is 14.8 Å². The molecule has 3 aromatic rings. The minimum atomic E-state index is -0.133. The van der Waals surface area contributed by atoms with Crippen molar-refractivity contribution < 1.29 is 9.53 Å². The Balaban J connectivity index is 1.47. The number of amides is 2. The van der Waals surface area contributed by atoms with Gasteiger partial charge in [0.15, 0.2) is 5.82 Å². The number of urea groups is 1. The number of carbonyl (C=O) groups is 1. The number of anilines is 2. The van der Waals surface area contributed by atoms with Crippen LogP contribution in [0, 0.1) is 13.8 Å². The number of nitrogens with zero attached hydrogens (tertiary/aromatic N) is 4. The molecule has 0 bridgehead atoms. The number of carbonyl (C=O) groups excluding carboxylic acids is 1. The van der Waals surface area contributed by atoms with Crippen molar-refractivity contribution in [2.24, 2.45) is 0 Å². The van der Waals surface area contributed by atoms with Gasteiger partial charge in [0.25, 0.3) is 0 Å². The van der Waals surface area contributed by atoms with Gasteiger partial charge in [0, 0.05) is 48.0 Å². The lowest BCUT2D eigenvalue weighted by molar-refractivity contribution is 0.208. The predicted octanol–water partition coefficient (Wildman–Crippen LogP) is 4.78. The lowest BCUT2D eigenvalue weighted by Gasteiger charge is -2.36. The number of nitrogens with one attached hydrogen (secondary N) is 1. The van der Waals surface area contributed by atoms with Gasteiger partial charge in [-0.2, -0.15) is 0 Å². The van der Waals surface area contributed by atoms with E-state index in [0.717, 1.165) is 22.6 Å². The number of piperazine rings is 1. The second kappa shape index (κ2) is 9.44. The molecule has 1 saturated heterocycles. The highest BCUT2D eigenvalue weighted by atomic mass is 35.5. The van der Waals surface area contributed by atoms with Gasteiger partial charge in [-0.3, -0.25) is 0 Å². The summed E-state index contributed by atoms with van der Waals surface area (Å²) in [5.41, 5.74) is 3.58. The molecule has 0 aliphatic carbocycles. The molecular weight excluding hydrogens is 426 g/mol. The average Bonchev–Trinajstić information content (AvgIpc) is 2.81. The Morgan fingerprint density at radius 3 is 2.38 bits per heavy atom. The van der Waals surface area contributed by atoms with E-state index >= 15 is 0 Å². The zero-order valence-electron chi connectivity index (χ0n) is 18.4. The van der Waals surface area contributed by atoms with Crippen LogP contribution in [0.4, 0.5) is 16.3 Å². The number of rotatable bonds is 4. The van der Waals surface area contributed by atoms with Crippen LogP contribution < -0.4 is 15.0 Å². The molecule has 0 saturated carbocycles. The molecule has 0 unspecified atom stereocenters. The Bertz CT molecular complexity index is 1110. The molecule has 0 spiro atoms. The average molecular weight is 452 g/mol. The third kappa shape index (κ3) is 4.62. The van der Waals surface area contributed by atoms with Gasteiger partial charge in [-0.15, -0.1) is 0 Å². The van der Waals surface area contributed by atoms with Crippen LogP contribution in [0.2, 0.25) is 5.02 Å². The van der Waals surface area contributed by atoms with E-state index in [1.807, 2.05) is 67.3 Å². The van der Waals surface area contributed by atoms with Crippen molar-refractivity contribution in [2.75, 3.05) is 43.5 Å². The molecule has 2 aromatic carbocycles. The Kier molecular flexibility index (Phi) is 6.46. The van der Waals surface area contributed by atoms with Crippen molar-refractivity contribution in [3.8, 4) is 17.1 Å². The second-order valence-corrected chi connectivity index (χ2v) is 8.13. The normalized spacial score (nSPS) is 13.8. The van der Waals surface area contributed by atoms with Gasteiger partial charge in [-0.1, -0.05) is 23.7 Å². The summed E-state index contributed by atoms with van der Waals surface area (Å²) in [7, 11) is 1.59. The van der Waals surface area contributed by atoms with Crippen LogP contribution in [0.15, 0.2) is 48.5 Å². The number of aryl methyl sites for hydroxylation is 1. The first-order valence-corrected chi connectivity index (χ1v) is 10.9. The third-order valence-electron chi connectivity index (χ3n) is 5.68. The van der Waals surface area contributed by atoms with Crippen molar-refractivity contribution >= 4 is 29.1 Å². The number of aromatic nitrogens is 2. The van der Waals surface area contributed by atoms with Gasteiger partial charge in [0.2, 0.25) is 0 Å². The van der Waals surface area contributed by atoms with E-state index in [0.29, 0.717) is 48.5 Å². The maximum absolute atomic E-state index is 12.8. The van der Waals surface area contributed by atoms with Gasteiger partial charge in [0.1, 0.15) is 11.6 Å². The van der Waals surface area contributed by atoms with Crippen LogP contribution in [0.25, 0.3) is 11.4 Å². The minimum Gasteiger partial charge on any atom is -0.495 e. The number of para-hydroxylation sites is 2. The highest BCUT2D eigenvalue weighted by Crippen LogP contribution is 2.27. The summed E-state index contributed by atoms with van der Waals surface area (Å²) in [5, 5.41) is 3.63. The van der Waals surface area contributed by atoms with E-state index in [2.05, 4.69) is 15.2 Å². The zero-order chi connectivity index (χ0) is 22.7. The third-order valence-corrected chi connectivity index (χ3v) is 5.93. The fourth-order valence-electron chi connectivity index (χ4n) is 3.71. The molecule has 32 heavy (non-hydrogen) atoms.